The molecule has 1 N–H and O–H groups in total. The van der Waals surface area contributed by atoms with Crippen LogP contribution in [0.15, 0.2) is 41.2 Å². The first-order chi connectivity index (χ1) is 11.0. The van der Waals surface area contributed by atoms with Crippen LogP contribution in [0.5, 0.6) is 0 Å². The minimum absolute atomic E-state index is 0.0609. The zero-order valence-corrected chi connectivity index (χ0v) is 12.6. The minimum Gasteiger partial charge on any atom is -0.321 e. The topological polar surface area (TPSA) is 107 Å². The molecule has 0 radical (unpaired) electrons. The van der Waals surface area contributed by atoms with Gasteiger partial charge in [0.25, 0.3) is 17.2 Å². The average Bonchev–Trinajstić information content (AvgIpc) is 2.54. The van der Waals surface area contributed by atoms with E-state index in [1.807, 2.05) is 6.92 Å². The molecule has 8 nitrogen and oxygen atoms in total. The monoisotopic (exact) mass is 316 g/mol. The Labute approximate surface area is 131 Å². The molecule has 8 heteroatoms. The number of benzene rings is 1. The molecular formula is C15H16N4O4. The molecule has 0 aliphatic carbocycles. The maximum Gasteiger partial charge on any atom is 0.276 e. The molecule has 0 bridgehead atoms. The lowest BCUT2D eigenvalue weighted by atomic mass is 10.2. The first-order valence-corrected chi connectivity index (χ1v) is 7.15. The molecule has 1 amide bonds. The summed E-state index contributed by atoms with van der Waals surface area (Å²) in [5, 5.41) is 17.2. The van der Waals surface area contributed by atoms with Crippen molar-refractivity contribution in [1.82, 2.24) is 9.78 Å². The van der Waals surface area contributed by atoms with Crippen LogP contribution in [0.3, 0.4) is 0 Å². The van der Waals surface area contributed by atoms with Crippen molar-refractivity contribution in [1.29, 1.82) is 0 Å². The van der Waals surface area contributed by atoms with Crippen molar-refractivity contribution in [2.45, 2.75) is 26.3 Å². The number of anilines is 1. The van der Waals surface area contributed by atoms with Crippen LogP contribution in [0.1, 0.15) is 30.3 Å². The van der Waals surface area contributed by atoms with E-state index >= 15 is 0 Å². The number of amides is 1. The van der Waals surface area contributed by atoms with Crippen molar-refractivity contribution in [3.63, 3.8) is 0 Å². The summed E-state index contributed by atoms with van der Waals surface area (Å²) in [5.41, 5.74) is 0.201. The highest BCUT2D eigenvalue weighted by atomic mass is 16.6. The summed E-state index contributed by atoms with van der Waals surface area (Å²) in [4.78, 5) is 33.9. The molecule has 0 aliphatic rings. The maximum atomic E-state index is 12.1. The second-order valence-electron chi connectivity index (χ2n) is 4.89. The fraction of sp³-hybridized carbons (Fsp3) is 0.267. The number of nitro groups is 1. The fourth-order valence-electron chi connectivity index (χ4n) is 1.90. The third-order valence-corrected chi connectivity index (χ3v) is 3.16. The van der Waals surface area contributed by atoms with E-state index in [1.54, 1.807) is 0 Å². The lowest BCUT2D eigenvalue weighted by Crippen LogP contribution is -2.26. The van der Waals surface area contributed by atoms with Gasteiger partial charge in [0.2, 0.25) is 0 Å². The fourth-order valence-corrected chi connectivity index (χ4v) is 1.90. The van der Waals surface area contributed by atoms with Crippen LogP contribution in [0.4, 0.5) is 11.4 Å². The maximum absolute atomic E-state index is 12.1. The Kier molecular flexibility index (Phi) is 5.19. The Bertz CT molecular complexity index is 768. The number of nitro benzene ring substituents is 1. The number of rotatable bonds is 6. The number of unbranched alkanes of at least 4 members (excludes halogenated alkanes) is 1. The Balaban J connectivity index is 2.14. The zero-order chi connectivity index (χ0) is 16.8. The van der Waals surface area contributed by atoms with Crippen molar-refractivity contribution in [3.05, 3.63) is 62.6 Å². The standard InChI is InChI=1S/C15H16N4O4/c1-2-3-10-18-14(20)9-8-13(17-18)15(21)16-11-4-6-12(7-5-11)19(22)23/h4-9H,2-3,10H2,1H3,(H,16,21). The summed E-state index contributed by atoms with van der Waals surface area (Å²) < 4.78 is 1.26. The SMILES string of the molecule is CCCCn1nc(C(=O)Nc2ccc([N+](=O)[O-])cc2)ccc1=O. The molecule has 0 unspecified atom stereocenters. The van der Waals surface area contributed by atoms with Crippen LogP contribution < -0.4 is 10.9 Å². The Morgan fingerprint density at radius 2 is 1.96 bits per heavy atom. The summed E-state index contributed by atoms with van der Waals surface area (Å²) in [7, 11) is 0. The number of carbonyl (C=O) groups is 1. The molecule has 1 aromatic heterocycles. The number of nitrogens with zero attached hydrogens (tertiary/aromatic N) is 3. The molecule has 0 aliphatic heterocycles. The molecule has 23 heavy (non-hydrogen) atoms. The third-order valence-electron chi connectivity index (χ3n) is 3.16. The Hall–Kier alpha value is -3.03. The van der Waals surface area contributed by atoms with E-state index in [0.717, 1.165) is 12.8 Å². The summed E-state index contributed by atoms with van der Waals surface area (Å²) in [6.45, 7) is 2.45. The van der Waals surface area contributed by atoms with Crippen LogP contribution in [-0.4, -0.2) is 20.6 Å². The minimum atomic E-state index is -0.517. The molecule has 2 rings (SSSR count). The third kappa shape index (κ3) is 4.22. The number of aromatic nitrogens is 2. The lowest BCUT2D eigenvalue weighted by molar-refractivity contribution is -0.384. The highest BCUT2D eigenvalue weighted by Gasteiger charge is 2.11. The van der Waals surface area contributed by atoms with Crippen molar-refractivity contribution >= 4 is 17.3 Å². The van der Waals surface area contributed by atoms with Gasteiger partial charge in [-0.3, -0.25) is 19.7 Å². The molecule has 0 spiro atoms. The van der Waals surface area contributed by atoms with Gasteiger partial charge in [-0.2, -0.15) is 5.10 Å². The van der Waals surface area contributed by atoms with E-state index in [0.29, 0.717) is 12.2 Å². The molecule has 0 fully saturated rings. The highest BCUT2D eigenvalue weighted by molar-refractivity contribution is 6.02. The molecular weight excluding hydrogens is 300 g/mol. The molecule has 0 atom stereocenters. The van der Waals surface area contributed by atoms with Gasteiger partial charge in [-0.1, -0.05) is 13.3 Å². The van der Waals surface area contributed by atoms with E-state index in [1.165, 1.54) is 41.1 Å². The normalized spacial score (nSPS) is 10.3. The predicted molar refractivity (Wildman–Crippen MR) is 84.5 cm³/mol. The molecule has 1 aromatic carbocycles. The van der Waals surface area contributed by atoms with E-state index in [-0.39, 0.29) is 16.9 Å². The van der Waals surface area contributed by atoms with Crippen molar-refractivity contribution in [2.75, 3.05) is 5.32 Å². The zero-order valence-electron chi connectivity index (χ0n) is 12.6. The first kappa shape index (κ1) is 16.3. The van der Waals surface area contributed by atoms with Crippen LogP contribution in [0.2, 0.25) is 0 Å². The number of non-ortho nitro benzene ring substituents is 1. The number of carbonyl (C=O) groups excluding carboxylic acids is 1. The quantitative estimate of drug-likeness (QED) is 0.649. The molecule has 1 heterocycles. The summed E-state index contributed by atoms with van der Waals surface area (Å²) in [5.74, 6) is -0.482. The molecule has 0 saturated carbocycles. The second kappa shape index (κ2) is 7.30. The summed E-state index contributed by atoms with van der Waals surface area (Å²) in [6, 6.07) is 8.11. The van der Waals surface area contributed by atoms with Crippen molar-refractivity contribution in [2.24, 2.45) is 0 Å². The van der Waals surface area contributed by atoms with Gasteiger partial charge in [0.1, 0.15) is 5.69 Å². The second-order valence-corrected chi connectivity index (χ2v) is 4.89. The van der Waals surface area contributed by atoms with Gasteiger partial charge in [-0.25, -0.2) is 4.68 Å². The molecule has 2 aromatic rings. The summed E-state index contributed by atoms with van der Waals surface area (Å²) in [6.07, 6.45) is 1.70. The Morgan fingerprint density at radius 3 is 2.57 bits per heavy atom. The van der Waals surface area contributed by atoms with E-state index in [2.05, 4.69) is 10.4 Å². The number of hydrogen-bond acceptors (Lipinski definition) is 5. The number of aryl methyl sites for hydroxylation is 1. The van der Waals surface area contributed by atoms with Crippen LogP contribution in [0, 0.1) is 10.1 Å². The van der Waals surface area contributed by atoms with Gasteiger partial charge >= 0.3 is 0 Å². The van der Waals surface area contributed by atoms with Gasteiger partial charge in [0, 0.05) is 30.4 Å². The highest BCUT2D eigenvalue weighted by Crippen LogP contribution is 2.15. The van der Waals surface area contributed by atoms with Gasteiger partial charge in [0.05, 0.1) is 4.92 Å². The smallest absolute Gasteiger partial charge is 0.276 e. The number of hydrogen-bond donors (Lipinski definition) is 1. The van der Waals surface area contributed by atoms with Gasteiger partial charge in [-0.05, 0) is 24.6 Å². The van der Waals surface area contributed by atoms with Crippen LogP contribution in [-0.2, 0) is 6.54 Å². The van der Waals surface area contributed by atoms with Crippen molar-refractivity contribution < 1.29 is 9.72 Å². The predicted octanol–water partition coefficient (Wildman–Crippen LogP) is 2.20. The molecule has 120 valence electrons. The summed E-state index contributed by atoms with van der Waals surface area (Å²) >= 11 is 0. The van der Waals surface area contributed by atoms with Crippen LogP contribution in [0.25, 0.3) is 0 Å². The number of nitrogens with one attached hydrogen (secondary N) is 1. The first-order valence-electron chi connectivity index (χ1n) is 7.15. The van der Waals surface area contributed by atoms with Crippen molar-refractivity contribution in [3.8, 4) is 0 Å². The largest absolute Gasteiger partial charge is 0.321 e. The molecule has 0 saturated heterocycles. The van der Waals surface area contributed by atoms with Crippen LogP contribution >= 0.6 is 0 Å². The van der Waals surface area contributed by atoms with Gasteiger partial charge in [0.15, 0.2) is 0 Å². The van der Waals surface area contributed by atoms with E-state index in [4.69, 9.17) is 0 Å². The Morgan fingerprint density at radius 1 is 1.26 bits per heavy atom. The van der Waals surface area contributed by atoms with Gasteiger partial charge in [-0.15, -0.1) is 0 Å². The van der Waals surface area contributed by atoms with E-state index < -0.39 is 10.8 Å². The lowest BCUT2D eigenvalue weighted by Gasteiger charge is -2.07. The van der Waals surface area contributed by atoms with E-state index in [9.17, 15) is 19.7 Å². The van der Waals surface area contributed by atoms with Gasteiger partial charge < -0.3 is 5.32 Å². The average molecular weight is 316 g/mol.